The van der Waals surface area contributed by atoms with Crippen LogP contribution in [-0.4, -0.2) is 32.5 Å². The van der Waals surface area contributed by atoms with Crippen molar-refractivity contribution in [3.63, 3.8) is 0 Å². The van der Waals surface area contributed by atoms with E-state index in [0.717, 1.165) is 0 Å². The molecule has 0 unspecified atom stereocenters. The van der Waals surface area contributed by atoms with E-state index in [1.165, 1.54) is 26.0 Å². The van der Waals surface area contributed by atoms with Gasteiger partial charge in [0.15, 0.2) is 0 Å². The van der Waals surface area contributed by atoms with Gasteiger partial charge in [0.05, 0.1) is 4.47 Å². The van der Waals surface area contributed by atoms with Gasteiger partial charge < -0.3 is 15.4 Å². The Hall–Kier alpha value is -1.12. The first-order valence-electron chi connectivity index (χ1n) is 7.64. The number of ether oxygens (including phenoxy) is 1. The summed E-state index contributed by atoms with van der Waals surface area (Å²) in [6.07, 6.45) is -0.949. The second kappa shape index (κ2) is 8.27. The number of carbonyl (C=O) groups excluding carboxylic acids is 2. The number of halogens is 4. The molecule has 0 saturated heterocycles. The van der Waals surface area contributed by atoms with Crippen molar-refractivity contribution >= 4 is 57.0 Å². The molecule has 1 aromatic rings. The highest BCUT2D eigenvalue weighted by atomic mass is 79.9. The van der Waals surface area contributed by atoms with Crippen LogP contribution in [0.25, 0.3) is 0 Å². The summed E-state index contributed by atoms with van der Waals surface area (Å²) >= 11 is 15.1. The van der Waals surface area contributed by atoms with Gasteiger partial charge in [0.25, 0.3) is 5.91 Å². The molecule has 0 radical (unpaired) electrons. The predicted molar refractivity (Wildman–Crippen MR) is 103 cm³/mol. The van der Waals surface area contributed by atoms with Crippen LogP contribution in [-0.2, 0) is 9.53 Å². The number of amides is 2. The maximum atomic E-state index is 13.6. The molecule has 1 atom stereocenters. The number of alkyl carbamates (subject to hydrolysis) is 1. The molecule has 0 fully saturated rings. The number of anilines is 1. The van der Waals surface area contributed by atoms with Gasteiger partial charge >= 0.3 is 6.09 Å². The molecule has 10 heteroatoms. The number of hydrogen-bond acceptors (Lipinski definition) is 4. The van der Waals surface area contributed by atoms with Crippen molar-refractivity contribution in [1.29, 1.82) is 0 Å². The van der Waals surface area contributed by atoms with E-state index in [1.54, 1.807) is 20.8 Å². The summed E-state index contributed by atoms with van der Waals surface area (Å²) in [6, 6.07) is 2.79. The molecule has 146 valence electrons. The van der Waals surface area contributed by atoms with Gasteiger partial charge in [0.1, 0.15) is 21.3 Å². The molecule has 1 heterocycles. The molecule has 1 rings (SSSR count). The van der Waals surface area contributed by atoms with Gasteiger partial charge in [-0.3, -0.25) is 4.79 Å². The third-order valence-corrected chi connectivity index (χ3v) is 3.85. The number of carbonyl (C=O) groups is 2. The monoisotopic (exact) mass is 471 g/mol. The van der Waals surface area contributed by atoms with Crippen molar-refractivity contribution < 1.29 is 18.7 Å². The average Bonchev–Trinajstić information content (AvgIpc) is 2.38. The van der Waals surface area contributed by atoms with Gasteiger partial charge in [-0.05, 0) is 62.7 Å². The smallest absolute Gasteiger partial charge is 0.408 e. The molecule has 1 aromatic heterocycles. The Bertz CT molecular complexity index is 692. The summed E-state index contributed by atoms with van der Waals surface area (Å²) in [5, 5.41) is 4.92. The molecular formula is C16H21BrCl2FN3O3. The predicted octanol–water partition coefficient (Wildman–Crippen LogP) is 4.79. The number of pyridine rings is 1. The van der Waals surface area contributed by atoms with E-state index in [4.69, 9.17) is 27.9 Å². The van der Waals surface area contributed by atoms with Crippen LogP contribution in [0.1, 0.15) is 41.0 Å². The highest BCUT2D eigenvalue weighted by Crippen LogP contribution is 2.31. The normalized spacial score (nSPS) is 14.3. The van der Waals surface area contributed by atoms with E-state index in [9.17, 15) is 14.0 Å². The topological polar surface area (TPSA) is 80.3 Å². The number of aromatic nitrogens is 1. The van der Waals surface area contributed by atoms with Crippen LogP contribution in [0, 0.1) is 5.95 Å². The Kier molecular flexibility index (Phi) is 7.29. The molecule has 2 amide bonds. The van der Waals surface area contributed by atoms with Crippen molar-refractivity contribution in [3.8, 4) is 0 Å². The van der Waals surface area contributed by atoms with E-state index in [-0.39, 0.29) is 16.7 Å². The van der Waals surface area contributed by atoms with Crippen molar-refractivity contribution in [2.75, 3.05) is 5.32 Å². The maximum Gasteiger partial charge on any atom is 0.408 e. The van der Waals surface area contributed by atoms with Crippen LogP contribution in [0.15, 0.2) is 16.6 Å². The number of nitrogens with one attached hydrogen (secondary N) is 2. The fourth-order valence-electron chi connectivity index (χ4n) is 2.07. The summed E-state index contributed by atoms with van der Waals surface area (Å²) in [5.74, 6) is -1.49. The van der Waals surface area contributed by atoms with Gasteiger partial charge in [-0.2, -0.15) is 4.39 Å². The van der Waals surface area contributed by atoms with E-state index in [1.807, 2.05) is 0 Å². The summed E-state index contributed by atoms with van der Waals surface area (Å²) < 4.78 is 17.6. The Morgan fingerprint density at radius 1 is 1.23 bits per heavy atom. The second-order valence-electron chi connectivity index (χ2n) is 7.13. The van der Waals surface area contributed by atoms with Crippen molar-refractivity contribution in [2.24, 2.45) is 0 Å². The average molecular weight is 473 g/mol. The highest BCUT2D eigenvalue weighted by Gasteiger charge is 2.42. The van der Waals surface area contributed by atoms with Crippen molar-refractivity contribution in [1.82, 2.24) is 10.3 Å². The molecule has 0 aromatic carbocycles. The fourth-order valence-corrected chi connectivity index (χ4v) is 2.83. The van der Waals surface area contributed by atoms with Gasteiger partial charge in [0.2, 0.25) is 5.95 Å². The first-order chi connectivity index (χ1) is 11.6. The third-order valence-electron chi connectivity index (χ3n) is 2.99. The Labute approximate surface area is 170 Å². The first kappa shape index (κ1) is 22.9. The minimum absolute atomic E-state index is 0.0289. The zero-order valence-electron chi connectivity index (χ0n) is 15.0. The number of nitrogens with zero attached hydrogens (tertiary/aromatic N) is 1. The molecule has 0 saturated carbocycles. The number of alkyl halides is 2. The van der Waals surface area contributed by atoms with Gasteiger partial charge in [0, 0.05) is 6.42 Å². The van der Waals surface area contributed by atoms with Crippen LogP contribution >= 0.6 is 39.1 Å². The number of hydrogen-bond donors (Lipinski definition) is 2. The summed E-state index contributed by atoms with van der Waals surface area (Å²) in [6.45, 7) is 7.98. The lowest BCUT2D eigenvalue weighted by Crippen LogP contribution is -2.57. The van der Waals surface area contributed by atoms with E-state index in [2.05, 4.69) is 31.5 Å². The van der Waals surface area contributed by atoms with E-state index >= 15 is 0 Å². The lowest BCUT2D eigenvalue weighted by atomic mass is 9.94. The van der Waals surface area contributed by atoms with E-state index < -0.39 is 33.4 Å². The lowest BCUT2D eigenvalue weighted by Gasteiger charge is -2.33. The first-order valence-corrected chi connectivity index (χ1v) is 9.19. The van der Waals surface area contributed by atoms with Crippen molar-refractivity contribution in [2.45, 2.75) is 56.5 Å². The molecule has 0 spiro atoms. The van der Waals surface area contributed by atoms with Gasteiger partial charge in [-0.15, -0.1) is 23.2 Å². The van der Waals surface area contributed by atoms with Crippen LogP contribution in [0.4, 0.5) is 15.0 Å². The minimum Gasteiger partial charge on any atom is -0.444 e. The highest BCUT2D eigenvalue weighted by molar-refractivity contribution is 9.10. The number of rotatable bonds is 5. The molecule has 0 aliphatic rings. The summed E-state index contributed by atoms with van der Waals surface area (Å²) in [4.78, 5) is 28.5. The van der Waals surface area contributed by atoms with Gasteiger partial charge in [-0.1, -0.05) is 0 Å². The molecule has 6 nitrogen and oxygen atoms in total. The molecule has 0 aliphatic carbocycles. The molecular weight excluding hydrogens is 452 g/mol. The maximum absolute atomic E-state index is 13.6. The quantitative estimate of drug-likeness (QED) is 0.476. The Morgan fingerprint density at radius 3 is 2.27 bits per heavy atom. The Balaban J connectivity index is 3.04. The standard InChI is InChI=1S/C16H21BrCl2FN3O3/c1-14(2,3)26-13(25)23-15(4,8-16(5,18)19)12(24)22-10-7-6-9(17)11(20)21-10/h6-7H,8H2,1-5H3,(H,23,25)(H,21,22,24)/t15-/m0/s1. The SMILES string of the molecule is CC(Cl)(Cl)C[C@](C)(NC(=O)OC(C)(C)C)C(=O)Nc1ccc(Br)c(F)n1. The molecule has 0 bridgehead atoms. The van der Waals surface area contributed by atoms with Crippen LogP contribution in [0.2, 0.25) is 0 Å². The van der Waals surface area contributed by atoms with Crippen LogP contribution in [0.3, 0.4) is 0 Å². The fraction of sp³-hybridized carbons (Fsp3) is 0.562. The van der Waals surface area contributed by atoms with Gasteiger partial charge in [-0.25, -0.2) is 9.78 Å². The second-order valence-corrected chi connectivity index (χ2v) is 9.85. The summed E-state index contributed by atoms with van der Waals surface area (Å²) in [7, 11) is 0. The molecule has 2 N–H and O–H groups in total. The minimum atomic E-state index is -1.54. The van der Waals surface area contributed by atoms with Crippen LogP contribution < -0.4 is 10.6 Å². The van der Waals surface area contributed by atoms with Crippen molar-refractivity contribution in [3.05, 3.63) is 22.6 Å². The zero-order chi connectivity index (χ0) is 20.3. The molecule has 0 aliphatic heterocycles. The zero-order valence-corrected chi connectivity index (χ0v) is 18.1. The lowest BCUT2D eigenvalue weighted by molar-refractivity contribution is -0.122. The largest absolute Gasteiger partial charge is 0.444 e. The summed E-state index contributed by atoms with van der Waals surface area (Å²) in [5.41, 5.74) is -2.30. The van der Waals surface area contributed by atoms with Crippen LogP contribution in [0.5, 0.6) is 0 Å². The molecule has 26 heavy (non-hydrogen) atoms. The third kappa shape index (κ3) is 7.63. The Morgan fingerprint density at radius 2 is 1.81 bits per heavy atom. The van der Waals surface area contributed by atoms with E-state index in [0.29, 0.717) is 0 Å².